The van der Waals surface area contributed by atoms with E-state index in [2.05, 4.69) is 36.6 Å². The van der Waals surface area contributed by atoms with Crippen molar-refractivity contribution >= 4 is 41.9 Å². The molecule has 5 nitrogen and oxygen atoms in total. The number of hydrogen-bond donors (Lipinski definition) is 1. The van der Waals surface area contributed by atoms with Crippen LogP contribution in [0, 0.1) is 5.82 Å². The largest absolute Gasteiger partial charge is 0.382 e. The number of nitrogens with one attached hydrogen (secondary N) is 1. The van der Waals surface area contributed by atoms with Crippen molar-refractivity contribution in [1.82, 2.24) is 4.72 Å². The van der Waals surface area contributed by atoms with Gasteiger partial charge in [-0.15, -0.1) is 0 Å². The highest BCUT2D eigenvalue weighted by Crippen LogP contribution is 2.30. The second kappa shape index (κ2) is 9.16. The minimum atomic E-state index is -3.73. The molecule has 1 aromatic rings. The highest BCUT2D eigenvalue weighted by molar-refractivity contribution is 9.11. The summed E-state index contributed by atoms with van der Waals surface area (Å²) in [6.07, 6.45) is 0.527. The lowest BCUT2D eigenvalue weighted by Crippen LogP contribution is -2.26. The second-order valence-corrected chi connectivity index (χ2v) is 7.47. The van der Waals surface area contributed by atoms with Gasteiger partial charge in [0.25, 0.3) is 0 Å². The first-order valence-corrected chi connectivity index (χ1v) is 9.16. The Hall–Kier alpha value is -0.0600. The number of benzene rings is 1. The van der Waals surface area contributed by atoms with Gasteiger partial charge in [0, 0.05) is 29.2 Å². The molecule has 0 atom stereocenters. The van der Waals surface area contributed by atoms with E-state index in [1.807, 2.05) is 0 Å². The Morgan fingerprint density at radius 3 is 2.38 bits per heavy atom. The zero-order valence-corrected chi connectivity index (χ0v) is 15.4. The first-order valence-electron chi connectivity index (χ1n) is 6.09. The van der Waals surface area contributed by atoms with Crippen molar-refractivity contribution in [2.24, 2.45) is 0 Å². The van der Waals surface area contributed by atoms with E-state index >= 15 is 0 Å². The molecular formula is C12H16Br2FNO4S. The molecule has 0 aliphatic carbocycles. The van der Waals surface area contributed by atoms with E-state index < -0.39 is 15.8 Å². The standard InChI is InChI=1S/C12H16Br2FNO4S/c1-19-5-6-20-4-2-3-16-21(17,18)12-10(13)7-9(15)8-11(12)14/h7-8,16H,2-6H2,1H3. The summed E-state index contributed by atoms with van der Waals surface area (Å²) in [4.78, 5) is -0.0239. The first-order chi connectivity index (χ1) is 9.88. The van der Waals surface area contributed by atoms with Gasteiger partial charge in [-0.1, -0.05) is 0 Å². The Kier molecular flexibility index (Phi) is 8.28. The van der Waals surface area contributed by atoms with Crippen molar-refractivity contribution in [3.8, 4) is 0 Å². The molecule has 0 saturated carbocycles. The normalized spacial score (nSPS) is 11.8. The molecule has 21 heavy (non-hydrogen) atoms. The van der Waals surface area contributed by atoms with Crippen LogP contribution in [0.5, 0.6) is 0 Å². The van der Waals surface area contributed by atoms with E-state index in [0.29, 0.717) is 26.2 Å². The van der Waals surface area contributed by atoms with Gasteiger partial charge in [-0.25, -0.2) is 17.5 Å². The number of hydrogen-bond acceptors (Lipinski definition) is 4. The molecule has 0 bridgehead atoms. The van der Waals surface area contributed by atoms with Crippen LogP contribution in [0.15, 0.2) is 26.0 Å². The maximum absolute atomic E-state index is 13.1. The van der Waals surface area contributed by atoms with Crippen LogP contribution in [-0.2, 0) is 19.5 Å². The molecule has 1 aromatic carbocycles. The molecule has 0 saturated heterocycles. The van der Waals surface area contributed by atoms with E-state index in [9.17, 15) is 12.8 Å². The molecule has 1 rings (SSSR count). The van der Waals surface area contributed by atoms with Crippen LogP contribution >= 0.6 is 31.9 Å². The fourth-order valence-electron chi connectivity index (χ4n) is 1.48. The average molecular weight is 449 g/mol. The van der Waals surface area contributed by atoms with Crippen LogP contribution in [0.1, 0.15) is 6.42 Å². The lowest BCUT2D eigenvalue weighted by molar-refractivity contribution is 0.0699. The monoisotopic (exact) mass is 447 g/mol. The Morgan fingerprint density at radius 2 is 1.81 bits per heavy atom. The van der Waals surface area contributed by atoms with Crippen molar-refractivity contribution in [2.45, 2.75) is 11.3 Å². The minimum absolute atomic E-state index is 0.0239. The number of rotatable bonds is 9. The summed E-state index contributed by atoms with van der Waals surface area (Å²) < 4.78 is 50.3. The second-order valence-electron chi connectivity index (χ2n) is 4.06. The predicted octanol–water partition coefficient (Wildman–Crippen LogP) is 2.68. The van der Waals surface area contributed by atoms with Crippen LogP contribution in [0.4, 0.5) is 4.39 Å². The molecule has 0 spiro atoms. The number of sulfonamides is 1. The lowest BCUT2D eigenvalue weighted by Gasteiger charge is -2.10. The molecule has 0 aliphatic rings. The summed E-state index contributed by atoms with van der Waals surface area (Å²) in [6, 6.07) is 2.21. The summed E-state index contributed by atoms with van der Waals surface area (Å²) in [5, 5.41) is 0. The zero-order chi connectivity index (χ0) is 15.9. The van der Waals surface area contributed by atoms with Crippen molar-refractivity contribution in [3.63, 3.8) is 0 Å². The van der Waals surface area contributed by atoms with E-state index in [4.69, 9.17) is 9.47 Å². The summed E-state index contributed by atoms with van der Waals surface area (Å²) >= 11 is 6.11. The molecule has 0 heterocycles. The van der Waals surface area contributed by atoms with Crippen LogP contribution in [0.3, 0.4) is 0 Å². The smallest absolute Gasteiger partial charge is 0.242 e. The SMILES string of the molecule is COCCOCCCNS(=O)(=O)c1c(Br)cc(F)cc1Br. The minimum Gasteiger partial charge on any atom is -0.382 e. The number of methoxy groups -OCH3 is 1. The van der Waals surface area contributed by atoms with Gasteiger partial charge >= 0.3 is 0 Å². The van der Waals surface area contributed by atoms with Gasteiger partial charge in [-0.2, -0.15) is 0 Å². The highest BCUT2D eigenvalue weighted by Gasteiger charge is 2.21. The molecular weight excluding hydrogens is 433 g/mol. The fraction of sp³-hybridized carbons (Fsp3) is 0.500. The Balaban J connectivity index is 2.55. The third-order valence-electron chi connectivity index (χ3n) is 2.42. The maximum Gasteiger partial charge on any atom is 0.242 e. The van der Waals surface area contributed by atoms with Gasteiger partial charge < -0.3 is 9.47 Å². The van der Waals surface area contributed by atoms with Crippen LogP contribution in [0.25, 0.3) is 0 Å². The molecule has 0 aliphatic heterocycles. The van der Waals surface area contributed by atoms with Crippen molar-refractivity contribution < 1.29 is 22.3 Å². The molecule has 1 N–H and O–H groups in total. The fourth-order valence-corrected chi connectivity index (χ4v) is 5.08. The highest BCUT2D eigenvalue weighted by atomic mass is 79.9. The first kappa shape index (κ1) is 19.0. The van der Waals surface area contributed by atoms with Gasteiger partial charge in [0.15, 0.2) is 0 Å². The summed E-state index contributed by atoms with van der Waals surface area (Å²) in [6.45, 7) is 1.63. The van der Waals surface area contributed by atoms with E-state index in [1.165, 1.54) is 0 Å². The van der Waals surface area contributed by atoms with Crippen LogP contribution in [0.2, 0.25) is 0 Å². The Morgan fingerprint density at radius 1 is 1.19 bits per heavy atom. The molecule has 0 fully saturated rings. The predicted molar refractivity (Wildman–Crippen MR) is 84.3 cm³/mol. The van der Waals surface area contributed by atoms with Crippen LogP contribution in [-0.4, -0.2) is 41.9 Å². The molecule has 0 unspecified atom stereocenters. The van der Waals surface area contributed by atoms with Gasteiger partial charge in [-0.05, 0) is 50.4 Å². The lowest BCUT2D eigenvalue weighted by atomic mass is 10.3. The Bertz CT molecular complexity index is 545. The summed E-state index contributed by atoms with van der Waals surface area (Å²) in [5.41, 5.74) is 0. The van der Waals surface area contributed by atoms with Crippen LogP contribution < -0.4 is 4.72 Å². The summed E-state index contributed by atoms with van der Waals surface area (Å²) in [7, 11) is -2.15. The van der Waals surface area contributed by atoms with Crippen molar-refractivity contribution in [2.75, 3.05) is 33.5 Å². The quantitative estimate of drug-likeness (QED) is 0.590. The van der Waals surface area contributed by atoms with Gasteiger partial charge in [0.05, 0.1) is 13.2 Å². The van der Waals surface area contributed by atoms with Crippen molar-refractivity contribution in [3.05, 3.63) is 26.9 Å². The molecule has 120 valence electrons. The van der Waals surface area contributed by atoms with E-state index in [0.717, 1.165) is 12.1 Å². The van der Waals surface area contributed by atoms with Crippen molar-refractivity contribution in [1.29, 1.82) is 0 Å². The summed E-state index contributed by atoms with van der Waals surface area (Å²) in [5.74, 6) is -0.528. The topological polar surface area (TPSA) is 64.6 Å². The molecule has 0 aromatic heterocycles. The Labute approximate surface area is 140 Å². The number of halogens is 3. The number of ether oxygens (including phenoxy) is 2. The van der Waals surface area contributed by atoms with Gasteiger partial charge in [0.1, 0.15) is 10.7 Å². The average Bonchev–Trinajstić information content (AvgIpc) is 2.35. The van der Waals surface area contributed by atoms with E-state index in [-0.39, 0.29) is 20.4 Å². The van der Waals surface area contributed by atoms with Gasteiger partial charge in [0.2, 0.25) is 10.0 Å². The zero-order valence-electron chi connectivity index (χ0n) is 11.4. The maximum atomic E-state index is 13.1. The molecule has 9 heteroatoms. The molecule has 0 amide bonds. The third-order valence-corrected chi connectivity index (χ3v) is 5.76. The van der Waals surface area contributed by atoms with Gasteiger partial charge in [-0.3, -0.25) is 0 Å². The molecule has 0 radical (unpaired) electrons. The third kappa shape index (κ3) is 6.29. The van der Waals surface area contributed by atoms with E-state index in [1.54, 1.807) is 7.11 Å².